The highest BCUT2D eigenvalue weighted by Gasteiger charge is 2.22. The first kappa shape index (κ1) is 18.1. The van der Waals surface area contributed by atoms with E-state index in [4.69, 9.17) is 5.73 Å². The summed E-state index contributed by atoms with van der Waals surface area (Å²) in [6.45, 7) is 0.375. The number of benzene rings is 2. The van der Waals surface area contributed by atoms with Gasteiger partial charge in [0.25, 0.3) is 0 Å². The maximum atomic E-state index is 13.8. The van der Waals surface area contributed by atoms with Gasteiger partial charge in [-0.2, -0.15) is 4.98 Å². The van der Waals surface area contributed by atoms with Crippen molar-refractivity contribution in [2.24, 2.45) is 0 Å². The Morgan fingerprint density at radius 1 is 1.07 bits per heavy atom. The van der Waals surface area contributed by atoms with E-state index in [2.05, 4.69) is 15.1 Å². The second-order valence-electron chi connectivity index (χ2n) is 6.36. The molecule has 0 fully saturated rings. The van der Waals surface area contributed by atoms with E-state index in [1.807, 2.05) is 30.3 Å². The third kappa shape index (κ3) is 3.31. The summed E-state index contributed by atoms with van der Waals surface area (Å²) in [6.07, 6.45) is 1.01. The van der Waals surface area contributed by atoms with Gasteiger partial charge in [0.2, 0.25) is 15.0 Å². The molecule has 0 saturated carbocycles. The highest BCUT2D eigenvalue weighted by atomic mass is 32.2. The number of sulfone groups is 1. The van der Waals surface area contributed by atoms with Crippen molar-refractivity contribution in [3.05, 3.63) is 66.0 Å². The molecule has 0 amide bonds. The average Bonchev–Trinajstić information content (AvgIpc) is 2.97. The lowest BCUT2D eigenvalue weighted by molar-refractivity contribution is 0.593. The van der Waals surface area contributed by atoms with Crippen LogP contribution in [0.2, 0.25) is 0 Å². The van der Waals surface area contributed by atoms with Crippen LogP contribution in [0.3, 0.4) is 0 Å². The van der Waals surface area contributed by atoms with E-state index in [0.717, 1.165) is 11.8 Å². The number of anilines is 1. The van der Waals surface area contributed by atoms with Gasteiger partial charge < -0.3 is 5.73 Å². The van der Waals surface area contributed by atoms with Crippen molar-refractivity contribution in [1.29, 1.82) is 0 Å². The zero-order valence-electron chi connectivity index (χ0n) is 14.9. The van der Waals surface area contributed by atoms with Crippen molar-refractivity contribution in [1.82, 2.24) is 19.7 Å². The van der Waals surface area contributed by atoms with Gasteiger partial charge in [-0.3, -0.25) is 0 Å². The van der Waals surface area contributed by atoms with Crippen LogP contribution in [0.1, 0.15) is 5.56 Å². The van der Waals surface area contributed by atoms with Crippen molar-refractivity contribution >= 4 is 26.7 Å². The minimum Gasteiger partial charge on any atom is -0.383 e. The number of aromatic nitrogens is 4. The molecular weight excluding hydrogens is 381 g/mol. The SMILES string of the molecule is CS(=O)(=O)c1nc(-c2cccc(F)c2)c2c(N)n(Cc3ccccc3)nc2n1. The number of halogens is 1. The van der Waals surface area contributed by atoms with Gasteiger partial charge in [0.05, 0.1) is 17.6 Å². The smallest absolute Gasteiger partial charge is 0.249 e. The predicted octanol–water partition coefficient (Wildman–Crippen LogP) is 2.67. The Bertz CT molecular complexity index is 1290. The van der Waals surface area contributed by atoms with Crippen molar-refractivity contribution in [3.8, 4) is 11.3 Å². The van der Waals surface area contributed by atoms with E-state index in [1.165, 1.54) is 22.9 Å². The molecule has 7 nitrogen and oxygen atoms in total. The van der Waals surface area contributed by atoms with Gasteiger partial charge in [-0.25, -0.2) is 22.5 Å². The summed E-state index contributed by atoms with van der Waals surface area (Å²) in [6, 6.07) is 15.2. The van der Waals surface area contributed by atoms with Crippen LogP contribution in [-0.4, -0.2) is 34.4 Å². The molecule has 2 heterocycles. The fourth-order valence-electron chi connectivity index (χ4n) is 2.92. The van der Waals surface area contributed by atoms with E-state index in [-0.39, 0.29) is 22.3 Å². The molecule has 0 aliphatic rings. The molecule has 0 bridgehead atoms. The number of nitrogen functional groups attached to an aromatic ring is 1. The lowest BCUT2D eigenvalue weighted by Gasteiger charge is -2.06. The standard InChI is InChI=1S/C19H16FN5O2S/c1-28(26,27)19-22-16(13-8-5-9-14(20)10-13)15-17(21)25(24-18(15)23-19)11-12-6-3-2-4-7-12/h2-10H,11,21H2,1H3. The Balaban J connectivity index is 1.98. The second kappa shape index (κ2) is 6.68. The molecule has 0 saturated heterocycles. The molecule has 28 heavy (non-hydrogen) atoms. The van der Waals surface area contributed by atoms with Crippen molar-refractivity contribution < 1.29 is 12.8 Å². The monoisotopic (exact) mass is 397 g/mol. The molecule has 0 spiro atoms. The molecule has 4 aromatic rings. The summed E-state index contributed by atoms with van der Waals surface area (Å²) in [5, 5.41) is 4.37. The molecule has 2 aromatic carbocycles. The number of rotatable bonds is 4. The summed E-state index contributed by atoms with van der Waals surface area (Å²) in [4.78, 5) is 8.24. The molecule has 0 aliphatic carbocycles. The molecule has 0 unspecified atom stereocenters. The maximum absolute atomic E-state index is 13.8. The molecule has 142 valence electrons. The first-order chi connectivity index (χ1) is 13.3. The minimum absolute atomic E-state index is 0.142. The topological polar surface area (TPSA) is 104 Å². The first-order valence-corrected chi connectivity index (χ1v) is 10.3. The van der Waals surface area contributed by atoms with Gasteiger partial charge in [0.15, 0.2) is 5.65 Å². The molecule has 2 N–H and O–H groups in total. The summed E-state index contributed by atoms with van der Waals surface area (Å²) >= 11 is 0. The predicted molar refractivity (Wildman–Crippen MR) is 104 cm³/mol. The highest BCUT2D eigenvalue weighted by Crippen LogP contribution is 2.31. The number of hydrogen-bond acceptors (Lipinski definition) is 6. The van der Waals surface area contributed by atoms with Gasteiger partial charge in [0, 0.05) is 11.8 Å². The van der Waals surface area contributed by atoms with E-state index in [1.54, 1.807) is 6.07 Å². The molecule has 2 aromatic heterocycles. The van der Waals surface area contributed by atoms with Crippen LogP contribution in [0.15, 0.2) is 59.8 Å². The summed E-state index contributed by atoms with van der Waals surface area (Å²) < 4.78 is 39.4. The van der Waals surface area contributed by atoms with Crippen LogP contribution >= 0.6 is 0 Å². The molecular formula is C19H16FN5O2S. The van der Waals surface area contributed by atoms with Crippen molar-refractivity contribution in [3.63, 3.8) is 0 Å². The summed E-state index contributed by atoms with van der Waals surface area (Å²) in [7, 11) is -3.70. The Hall–Kier alpha value is -3.33. The third-order valence-corrected chi connectivity index (χ3v) is 5.07. The van der Waals surface area contributed by atoms with Gasteiger partial charge in [0.1, 0.15) is 11.6 Å². The zero-order valence-corrected chi connectivity index (χ0v) is 15.7. The fraction of sp³-hybridized carbons (Fsp3) is 0.105. The Kier molecular flexibility index (Phi) is 4.31. The average molecular weight is 397 g/mol. The lowest BCUT2D eigenvalue weighted by Crippen LogP contribution is -2.06. The van der Waals surface area contributed by atoms with Crippen LogP contribution in [0.4, 0.5) is 10.2 Å². The van der Waals surface area contributed by atoms with Gasteiger partial charge in [-0.15, -0.1) is 5.10 Å². The van der Waals surface area contributed by atoms with E-state index in [9.17, 15) is 12.8 Å². The molecule has 0 radical (unpaired) electrons. The summed E-state index contributed by atoms with van der Waals surface area (Å²) in [5.41, 5.74) is 8.02. The minimum atomic E-state index is -3.70. The Morgan fingerprint density at radius 3 is 2.50 bits per heavy atom. The number of nitrogens with zero attached hydrogens (tertiary/aromatic N) is 4. The number of fused-ring (bicyclic) bond motifs is 1. The highest BCUT2D eigenvalue weighted by molar-refractivity contribution is 7.90. The molecule has 0 atom stereocenters. The maximum Gasteiger partial charge on any atom is 0.249 e. The largest absolute Gasteiger partial charge is 0.383 e. The summed E-state index contributed by atoms with van der Waals surface area (Å²) in [5.74, 6) is -0.196. The van der Waals surface area contributed by atoms with E-state index >= 15 is 0 Å². The normalized spacial score (nSPS) is 11.8. The molecule has 9 heteroatoms. The lowest BCUT2D eigenvalue weighted by atomic mass is 10.1. The number of nitrogens with two attached hydrogens (primary N) is 1. The van der Waals surface area contributed by atoms with Crippen molar-refractivity contribution in [2.75, 3.05) is 12.0 Å². The van der Waals surface area contributed by atoms with Crippen LogP contribution in [-0.2, 0) is 16.4 Å². The van der Waals surface area contributed by atoms with Crippen LogP contribution in [0, 0.1) is 5.82 Å². The molecule has 4 rings (SSSR count). The molecule has 0 aliphatic heterocycles. The third-order valence-electron chi connectivity index (χ3n) is 4.22. The van der Waals surface area contributed by atoms with Crippen molar-refractivity contribution in [2.45, 2.75) is 11.7 Å². The quantitative estimate of drug-likeness (QED) is 0.531. The number of hydrogen-bond donors (Lipinski definition) is 1. The van der Waals surface area contributed by atoms with Crippen LogP contribution < -0.4 is 5.73 Å². The van der Waals surface area contributed by atoms with Gasteiger partial charge in [-0.1, -0.05) is 42.5 Å². The van der Waals surface area contributed by atoms with E-state index < -0.39 is 15.7 Å². The van der Waals surface area contributed by atoms with E-state index in [0.29, 0.717) is 17.5 Å². The Morgan fingerprint density at radius 2 is 1.82 bits per heavy atom. The van der Waals surface area contributed by atoms with Crippen LogP contribution in [0.25, 0.3) is 22.3 Å². The fourth-order valence-corrected chi connectivity index (χ4v) is 3.43. The van der Waals surface area contributed by atoms with Gasteiger partial charge >= 0.3 is 0 Å². The second-order valence-corrected chi connectivity index (χ2v) is 8.27. The zero-order chi connectivity index (χ0) is 19.9. The van der Waals surface area contributed by atoms with Gasteiger partial charge in [-0.05, 0) is 17.7 Å². The van der Waals surface area contributed by atoms with Crippen LogP contribution in [0.5, 0.6) is 0 Å². The Labute approximate surface area is 160 Å². The first-order valence-electron chi connectivity index (χ1n) is 8.37.